The second kappa shape index (κ2) is 6.34. The fourth-order valence-electron chi connectivity index (χ4n) is 2.21. The van der Waals surface area contributed by atoms with Gasteiger partial charge in [-0.05, 0) is 42.8 Å². The van der Waals surface area contributed by atoms with Crippen LogP contribution in [0.3, 0.4) is 0 Å². The standard InChI is InChI=1S/C17H15FN2O2S/c1-10-7-13(4-5-14(10)19-11(2)21)22-9-17-20-15-8-12(18)3-6-16(15)23-17/h3-8H,9H2,1-2H3,(H,19,21). The van der Waals surface area contributed by atoms with Crippen LogP contribution in [0.1, 0.15) is 17.5 Å². The molecule has 118 valence electrons. The molecule has 1 aromatic heterocycles. The lowest BCUT2D eigenvalue weighted by Gasteiger charge is -2.09. The van der Waals surface area contributed by atoms with E-state index < -0.39 is 0 Å². The maximum atomic E-state index is 13.2. The number of carbonyl (C=O) groups excluding carboxylic acids is 1. The Hall–Kier alpha value is -2.47. The number of ether oxygens (including phenoxy) is 1. The number of hydrogen-bond donors (Lipinski definition) is 1. The van der Waals surface area contributed by atoms with Crippen molar-refractivity contribution in [3.05, 3.63) is 52.8 Å². The van der Waals surface area contributed by atoms with Gasteiger partial charge < -0.3 is 10.1 Å². The predicted octanol–water partition coefficient (Wildman–Crippen LogP) is 4.28. The lowest BCUT2D eigenvalue weighted by Crippen LogP contribution is -2.07. The molecule has 1 N–H and O–H groups in total. The number of nitrogens with zero attached hydrogens (tertiary/aromatic N) is 1. The fourth-order valence-corrected chi connectivity index (χ4v) is 3.07. The molecule has 0 aliphatic rings. The molecular weight excluding hydrogens is 315 g/mol. The molecule has 6 heteroatoms. The molecule has 0 unspecified atom stereocenters. The molecule has 3 aromatic rings. The number of carbonyl (C=O) groups is 1. The number of rotatable bonds is 4. The molecule has 23 heavy (non-hydrogen) atoms. The van der Waals surface area contributed by atoms with Crippen molar-refractivity contribution >= 4 is 33.1 Å². The second-order valence-corrected chi connectivity index (χ2v) is 6.28. The Morgan fingerprint density at radius 3 is 2.87 bits per heavy atom. The monoisotopic (exact) mass is 330 g/mol. The van der Waals surface area contributed by atoms with Crippen LogP contribution in [-0.2, 0) is 11.4 Å². The van der Waals surface area contributed by atoms with Crippen molar-refractivity contribution in [3.8, 4) is 5.75 Å². The molecule has 1 heterocycles. The molecule has 0 aliphatic carbocycles. The third kappa shape index (κ3) is 3.65. The summed E-state index contributed by atoms with van der Waals surface area (Å²) in [5, 5.41) is 3.54. The number of hydrogen-bond acceptors (Lipinski definition) is 4. The quantitative estimate of drug-likeness (QED) is 0.777. The molecule has 0 saturated carbocycles. The van der Waals surface area contributed by atoms with E-state index in [2.05, 4.69) is 10.3 Å². The Morgan fingerprint density at radius 2 is 2.13 bits per heavy atom. The van der Waals surface area contributed by atoms with Crippen LogP contribution in [0.2, 0.25) is 0 Å². The molecule has 1 amide bonds. The number of amides is 1. The number of aryl methyl sites for hydroxylation is 1. The van der Waals surface area contributed by atoms with Crippen LogP contribution in [0, 0.1) is 12.7 Å². The first-order valence-electron chi connectivity index (χ1n) is 7.07. The van der Waals surface area contributed by atoms with Crippen molar-refractivity contribution < 1.29 is 13.9 Å². The van der Waals surface area contributed by atoms with Gasteiger partial charge in [-0.1, -0.05) is 0 Å². The first kappa shape index (κ1) is 15.4. The van der Waals surface area contributed by atoms with E-state index in [1.807, 2.05) is 13.0 Å². The summed E-state index contributed by atoms with van der Waals surface area (Å²) in [6.45, 7) is 3.69. The molecular formula is C17H15FN2O2S. The zero-order valence-electron chi connectivity index (χ0n) is 12.7. The van der Waals surface area contributed by atoms with Crippen molar-refractivity contribution in [1.29, 1.82) is 0 Å². The van der Waals surface area contributed by atoms with E-state index in [1.165, 1.54) is 30.4 Å². The van der Waals surface area contributed by atoms with Gasteiger partial charge in [-0.25, -0.2) is 9.37 Å². The Labute approximate surface area is 136 Å². The van der Waals surface area contributed by atoms with E-state index in [4.69, 9.17) is 4.74 Å². The summed E-state index contributed by atoms with van der Waals surface area (Å²) in [5.41, 5.74) is 2.33. The topological polar surface area (TPSA) is 51.2 Å². The van der Waals surface area contributed by atoms with Gasteiger partial charge in [-0.3, -0.25) is 4.79 Å². The molecule has 0 fully saturated rings. The highest BCUT2D eigenvalue weighted by Crippen LogP contribution is 2.25. The van der Waals surface area contributed by atoms with Crippen molar-refractivity contribution in [3.63, 3.8) is 0 Å². The minimum Gasteiger partial charge on any atom is -0.486 e. The highest BCUT2D eigenvalue weighted by atomic mass is 32.1. The van der Waals surface area contributed by atoms with Gasteiger partial charge in [0.05, 0.1) is 10.2 Å². The van der Waals surface area contributed by atoms with Crippen LogP contribution >= 0.6 is 11.3 Å². The highest BCUT2D eigenvalue weighted by Gasteiger charge is 2.07. The fraction of sp³-hybridized carbons (Fsp3) is 0.176. The number of nitrogens with one attached hydrogen (secondary N) is 1. The zero-order valence-corrected chi connectivity index (χ0v) is 13.5. The molecule has 0 saturated heterocycles. The molecule has 0 radical (unpaired) electrons. The van der Waals surface area contributed by atoms with Gasteiger partial charge in [0.15, 0.2) is 0 Å². The van der Waals surface area contributed by atoms with Crippen LogP contribution in [0.5, 0.6) is 5.75 Å². The van der Waals surface area contributed by atoms with Gasteiger partial charge in [0, 0.05) is 18.7 Å². The zero-order chi connectivity index (χ0) is 16.4. The smallest absolute Gasteiger partial charge is 0.221 e. The molecule has 0 aliphatic heterocycles. The lowest BCUT2D eigenvalue weighted by molar-refractivity contribution is -0.114. The average Bonchev–Trinajstić information content (AvgIpc) is 2.89. The van der Waals surface area contributed by atoms with E-state index in [9.17, 15) is 9.18 Å². The first-order chi connectivity index (χ1) is 11.0. The van der Waals surface area contributed by atoms with Crippen LogP contribution < -0.4 is 10.1 Å². The predicted molar refractivity (Wildman–Crippen MR) is 89.4 cm³/mol. The second-order valence-electron chi connectivity index (χ2n) is 5.17. The number of halogens is 1. The lowest BCUT2D eigenvalue weighted by atomic mass is 10.2. The SMILES string of the molecule is CC(=O)Nc1ccc(OCc2nc3cc(F)ccc3s2)cc1C. The molecule has 2 aromatic carbocycles. The van der Waals surface area contributed by atoms with Crippen molar-refractivity contribution in [2.75, 3.05) is 5.32 Å². The number of fused-ring (bicyclic) bond motifs is 1. The Kier molecular flexibility index (Phi) is 4.25. The molecule has 4 nitrogen and oxygen atoms in total. The van der Waals surface area contributed by atoms with E-state index in [0.29, 0.717) is 17.9 Å². The number of thiazole rings is 1. The maximum Gasteiger partial charge on any atom is 0.221 e. The van der Waals surface area contributed by atoms with Crippen molar-refractivity contribution in [2.45, 2.75) is 20.5 Å². The maximum absolute atomic E-state index is 13.2. The van der Waals surface area contributed by atoms with E-state index in [0.717, 1.165) is 21.0 Å². The third-order valence-corrected chi connectivity index (χ3v) is 4.27. The summed E-state index contributed by atoms with van der Waals surface area (Å²) < 4.78 is 19.8. The molecule has 3 rings (SSSR count). The van der Waals surface area contributed by atoms with Gasteiger partial charge in [0.25, 0.3) is 0 Å². The Bertz CT molecular complexity index is 876. The van der Waals surface area contributed by atoms with Gasteiger partial charge in [-0.15, -0.1) is 11.3 Å². The number of aromatic nitrogens is 1. The van der Waals surface area contributed by atoms with Gasteiger partial charge in [0.1, 0.15) is 23.2 Å². The molecule has 0 spiro atoms. The van der Waals surface area contributed by atoms with Crippen LogP contribution in [0.4, 0.5) is 10.1 Å². The number of benzene rings is 2. The summed E-state index contributed by atoms with van der Waals surface area (Å²) in [6.07, 6.45) is 0. The average molecular weight is 330 g/mol. The van der Waals surface area contributed by atoms with Crippen molar-refractivity contribution in [2.24, 2.45) is 0 Å². The van der Waals surface area contributed by atoms with Gasteiger partial charge in [0.2, 0.25) is 5.91 Å². The normalized spacial score (nSPS) is 10.7. The Balaban J connectivity index is 1.71. The Morgan fingerprint density at radius 1 is 1.30 bits per heavy atom. The summed E-state index contributed by atoms with van der Waals surface area (Å²) in [4.78, 5) is 15.5. The largest absolute Gasteiger partial charge is 0.486 e. The van der Waals surface area contributed by atoms with E-state index >= 15 is 0 Å². The third-order valence-electron chi connectivity index (χ3n) is 3.26. The van der Waals surface area contributed by atoms with E-state index in [1.54, 1.807) is 18.2 Å². The van der Waals surface area contributed by atoms with Crippen LogP contribution in [0.15, 0.2) is 36.4 Å². The van der Waals surface area contributed by atoms with Crippen LogP contribution in [-0.4, -0.2) is 10.9 Å². The molecule has 0 atom stereocenters. The van der Waals surface area contributed by atoms with E-state index in [-0.39, 0.29) is 11.7 Å². The van der Waals surface area contributed by atoms with Gasteiger partial charge >= 0.3 is 0 Å². The minimum absolute atomic E-state index is 0.108. The summed E-state index contributed by atoms with van der Waals surface area (Å²) in [6, 6.07) is 10.0. The summed E-state index contributed by atoms with van der Waals surface area (Å²) in [7, 11) is 0. The first-order valence-corrected chi connectivity index (χ1v) is 7.89. The number of anilines is 1. The van der Waals surface area contributed by atoms with Crippen molar-refractivity contribution in [1.82, 2.24) is 4.98 Å². The summed E-state index contributed by atoms with van der Waals surface area (Å²) in [5.74, 6) is 0.296. The highest BCUT2D eigenvalue weighted by molar-refractivity contribution is 7.18. The minimum atomic E-state index is -0.292. The van der Waals surface area contributed by atoms with Crippen LogP contribution in [0.25, 0.3) is 10.2 Å². The van der Waals surface area contributed by atoms with Gasteiger partial charge in [-0.2, -0.15) is 0 Å². The summed E-state index contributed by atoms with van der Waals surface area (Å²) >= 11 is 1.48. The molecule has 0 bridgehead atoms.